The second-order valence-electron chi connectivity index (χ2n) is 7.35. The number of benzene rings is 1. The van der Waals surface area contributed by atoms with Crippen LogP contribution in [-0.4, -0.2) is 43.1 Å². The summed E-state index contributed by atoms with van der Waals surface area (Å²) in [5, 5.41) is 3.10. The molecule has 0 saturated carbocycles. The molecule has 0 aliphatic carbocycles. The number of carbonyl (C=O) groups excluding carboxylic acids is 1. The van der Waals surface area contributed by atoms with Crippen molar-refractivity contribution < 1.29 is 4.79 Å². The van der Waals surface area contributed by atoms with Crippen molar-refractivity contribution in [1.29, 1.82) is 0 Å². The number of urea groups is 1. The Bertz CT molecular complexity index is 917. The fraction of sp³-hybridized carbons (Fsp3) is 0.381. The molecule has 1 N–H and O–H groups in total. The van der Waals surface area contributed by atoms with Crippen molar-refractivity contribution in [2.45, 2.75) is 32.9 Å². The molecular formula is C21H26N6O. The van der Waals surface area contributed by atoms with Crippen LogP contribution in [0.2, 0.25) is 0 Å². The highest BCUT2D eigenvalue weighted by molar-refractivity contribution is 5.74. The molecule has 0 bridgehead atoms. The van der Waals surface area contributed by atoms with E-state index in [1.807, 2.05) is 53.3 Å². The van der Waals surface area contributed by atoms with E-state index in [4.69, 9.17) is 0 Å². The highest BCUT2D eigenvalue weighted by atomic mass is 16.2. The molecule has 1 saturated heterocycles. The predicted molar refractivity (Wildman–Crippen MR) is 107 cm³/mol. The maximum atomic E-state index is 12.8. The minimum Gasteiger partial charge on any atom is -0.337 e. The summed E-state index contributed by atoms with van der Waals surface area (Å²) in [7, 11) is 0. The molecule has 2 aromatic heterocycles. The molecule has 1 fully saturated rings. The van der Waals surface area contributed by atoms with Gasteiger partial charge in [0.2, 0.25) is 0 Å². The van der Waals surface area contributed by atoms with Gasteiger partial charge in [-0.1, -0.05) is 18.2 Å². The van der Waals surface area contributed by atoms with Crippen molar-refractivity contribution in [1.82, 2.24) is 29.3 Å². The molecule has 146 valence electrons. The molecule has 1 aliphatic rings. The summed E-state index contributed by atoms with van der Waals surface area (Å²) in [4.78, 5) is 23.1. The third-order valence-electron chi connectivity index (χ3n) is 5.34. The third kappa shape index (κ3) is 4.08. The van der Waals surface area contributed by atoms with Gasteiger partial charge in [0.15, 0.2) is 0 Å². The molecule has 1 aromatic carbocycles. The normalized spacial score (nSPS) is 16.9. The maximum absolute atomic E-state index is 12.8. The van der Waals surface area contributed by atoms with Crippen LogP contribution in [0.3, 0.4) is 0 Å². The average Bonchev–Trinajstić information content (AvgIpc) is 3.38. The minimum atomic E-state index is 0.00693. The topological polar surface area (TPSA) is 68.0 Å². The summed E-state index contributed by atoms with van der Waals surface area (Å²) < 4.78 is 4.14. The second kappa shape index (κ2) is 8.29. The SMILES string of the molecule is Cc1nccn1-c1ccccc1CNC(=O)N1CCC[C@@H](Cn2ccnc2)C1. The molecule has 7 heteroatoms. The van der Waals surface area contributed by atoms with E-state index in [9.17, 15) is 4.79 Å². The predicted octanol–water partition coefficient (Wildman–Crippen LogP) is 3.00. The zero-order valence-electron chi connectivity index (χ0n) is 16.2. The van der Waals surface area contributed by atoms with E-state index in [0.717, 1.165) is 49.6 Å². The first kappa shape index (κ1) is 18.3. The molecule has 2 amide bonds. The van der Waals surface area contributed by atoms with Gasteiger partial charge in [-0.05, 0) is 37.3 Å². The van der Waals surface area contributed by atoms with Crippen LogP contribution in [0.1, 0.15) is 24.2 Å². The van der Waals surface area contributed by atoms with Crippen LogP contribution in [0.25, 0.3) is 5.69 Å². The van der Waals surface area contributed by atoms with Crippen molar-refractivity contribution in [2.75, 3.05) is 13.1 Å². The van der Waals surface area contributed by atoms with E-state index in [1.54, 1.807) is 12.4 Å². The first-order valence-electron chi connectivity index (χ1n) is 9.77. The quantitative estimate of drug-likeness (QED) is 0.742. The van der Waals surface area contributed by atoms with Crippen molar-refractivity contribution >= 4 is 6.03 Å². The molecule has 1 aliphatic heterocycles. The van der Waals surface area contributed by atoms with Crippen LogP contribution in [-0.2, 0) is 13.1 Å². The molecule has 0 radical (unpaired) electrons. The Morgan fingerprint density at radius 3 is 2.93 bits per heavy atom. The Hall–Kier alpha value is -3.09. The van der Waals surface area contributed by atoms with E-state index in [2.05, 4.69) is 25.9 Å². The summed E-state index contributed by atoms with van der Waals surface area (Å²) in [6.07, 6.45) is 11.5. The van der Waals surface area contributed by atoms with Gasteiger partial charge in [0, 0.05) is 51.0 Å². The van der Waals surface area contributed by atoms with Crippen LogP contribution < -0.4 is 5.32 Å². The van der Waals surface area contributed by atoms with Gasteiger partial charge >= 0.3 is 6.03 Å². The largest absolute Gasteiger partial charge is 0.337 e. The van der Waals surface area contributed by atoms with E-state index in [-0.39, 0.29) is 6.03 Å². The van der Waals surface area contributed by atoms with Gasteiger partial charge in [-0.2, -0.15) is 0 Å². The van der Waals surface area contributed by atoms with E-state index < -0.39 is 0 Å². The number of imidazole rings is 2. The Morgan fingerprint density at radius 2 is 2.14 bits per heavy atom. The summed E-state index contributed by atoms with van der Waals surface area (Å²) in [5.74, 6) is 1.40. The highest BCUT2D eigenvalue weighted by Gasteiger charge is 2.24. The number of aryl methyl sites for hydroxylation is 1. The van der Waals surface area contributed by atoms with Crippen LogP contribution in [0.5, 0.6) is 0 Å². The number of nitrogens with zero attached hydrogens (tertiary/aromatic N) is 5. The van der Waals surface area contributed by atoms with Gasteiger partial charge in [-0.15, -0.1) is 0 Å². The van der Waals surface area contributed by atoms with Crippen molar-refractivity contribution in [3.63, 3.8) is 0 Å². The summed E-state index contributed by atoms with van der Waals surface area (Å²) in [5.41, 5.74) is 2.12. The van der Waals surface area contributed by atoms with Gasteiger partial charge in [-0.25, -0.2) is 14.8 Å². The first-order chi connectivity index (χ1) is 13.7. The zero-order chi connectivity index (χ0) is 19.3. The number of piperidine rings is 1. The van der Waals surface area contributed by atoms with Crippen LogP contribution in [0.4, 0.5) is 4.79 Å². The average molecular weight is 378 g/mol. The number of para-hydroxylation sites is 1. The summed E-state index contributed by atoms with van der Waals surface area (Å²) in [6, 6.07) is 8.11. The van der Waals surface area contributed by atoms with Gasteiger partial charge < -0.3 is 19.4 Å². The third-order valence-corrected chi connectivity index (χ3v) is 5.34. The number of carbonyl (C=O) groups is 1. The Labute approximate surface area is 165 Å². The number of hydrogen-bond donors (Lipinski definition) is 1. The van der Waals surface area contributed by atoms with Crippen LogP contribution in [0.15, 0.2) is 55.4 Å². The van der Waals surface area contributed by atoms with Crippen LogP contribution >= 0.6 is 0 Å². The fourth-order valence-corrected chi connectivity index (χ4v) is 3.90. The van der Waals surface area contributed by atoms with E-state index in [0.29, 0.717) is 12.5 Å². The summed E-state index contributed by atoms with van der Waals surface area (Å²) in [6.45, 7) is 4.98. The molecule has 28 heavy (non-hydrogen) atoms. The smallest absolute Gasteiger partial charge is 0.317 e. The van der Waals surface area contributed by atoms with Gasteiger partial charge in [0.1, 0.15) is 5.82 Å². The molecule has 4 rings (SSSR count). The first-order valence-corrected chi connectivity index (χ1v) is 9.77. The second-order valence-corrected chi connectivity index (χ2v) is 7.35. The molecule has 3 aromatic rings. The Morgan fingerprint density at radius 1 is 1.25 bits per heavy atom. The van der Waals surface area contributed by atoms with Gasteiger partial charge in [0.25, 0.3) is 0 Å². The minimum absolute atomic E-state index is 0.00693. The lowest BCUT2D eigenvalue weighted by atomic mass is 9.98. The van der Waals surface area contributed by atoms with Gasteiger partial charge in [-0.3, -0.25) is 0 Å². The Balaban J connectivity index is 1.38. The lowest BCUT2D eigenvalue weighted by Gasteiger charge is -2.33. The number of amides is 2. The van der Waals surface area contributed by atoms with E-state index in [1.165, 1.54) is 0 Å². The van der Waals surface area contributed by atoms with Crippen molar-refractivity contribution in [3.8, 4) is 5.69 Å². The Kier molecular flexibility index (Phi) is 5.41. The lowest BCUT2D eigenvalue weighted by Crippen LogP contribution is -2.46. The molecular weight excluding hydrogens is 352 g/mol. The number of aromatic nitrogens is 4. The number of likely N-dealkylation sites (tertiary alicyclic amines) is 1. The molecule has 0 spiro atoms. The number of nitrogens with one attached hydrogen (secondary N) is 1. The molecule has 1 atom stereocenters. The van der Waals surface area contributed by atoms with Crippen molar-refractivity contribution in [3.05, 3.63) is 66.8 Å². The monoisotopic (exact) mass is 378 g/mol. The fourth-order valence-electron chi connectivity index (χ4n) is 3.90. The van der Waals surface area contributed by atoms with E-state index >= 15 is 0 Å². The highest BCUT2D eigenvalue weighted by Crippen LogP contribution is 2.19. The number of hydrogen-bond acceptors (Lipinski definition) is 3. The van der Waals surface area contributed by atoms with Crippen molar-refractivity contribution in [2.24, 2.45) is 5.92 Å². The zero-order valence-corrected chi connectivity index (χ0v) is 16.2. The molecule has 3 heterocycles. The maximum Gasteiger partial charge on any atom is 0.317 e. The number of rotatable bonds is 5. The van der Waals surface area contributed by atoms with Gasteiger partial charge in [0.05, 0.1) is 12.0 Å². The van der Waals surface area contributed by atoms with Crippen LogP contribution in [0, 0.1) is 12.8 Å². The molecule has 7 nitrogen and oxygen atoms in total. The standard InChI is InChI=1S/C21H26N6O/c1-17-23-9-12-27(17)20-7-3-2-6-19(20)13-24-21(28)26-10-4-5-18(15-26)14-25-11-8-22-16-25/h2-3,6-9,11-12,16,18H,4-5,10,13-15H2,1H3,(H,24,28)/t18-/m0/s1. The molecule has 0 unspecified atom stereocenters. The summed E-state index contributed by atoms with van der Waals surface area (Å²) >= 11 is 0. The lowest BCUT2D eigenvalue weighted by molar-refractivity contribution is 0.159.